The lowest BCUT2D eigenvalue weighted by Gasteiger charge is -2.38. The zero-order chi connectivity index (χ0) is 14.6. The molecule has 0 aliphatic heterocycles. The van der Waals surface area contributed by atoms with E-state index in [0.717, 1.165) is 5.92 Å². The fraction of sp³-hybridized carbons (Fsp3) is 1.00. The molecule has 0 aliphatic carbocycles. The van der Waals surface area contributed by atoms with Crippen LogP contribution < -0.4 is 5.73 Å². The third-order valence-electron chi connectivity index (χ3n) is 4.54. The maximum absolute atomic E-state index is 6.79. The Labute approximate surface area is 122 Å². The SMILES string of the molecule is CCCCCCCC(CCC)C(N)(CCC)CCC. The van der Waals surface area contributed by atoms with Gasteiger partial charge in [-0.05, 0) is 31.6 Å². The molecule has 19 heavy (non-hydrogen) atoms. The first-order valence-corrected chi connectivity index (χ1v) is 8.93. The van der Waals surface area contributed by atoms with E-state index in [1.807, 2.05) is 0 Å². The Bertz CT molecular complexity index is 182. The highest BCUT2D eigenvalue weighted by molar-refractivity contribution is 4.90. The normalized spacial score (nSPS) is 13.7. The van der Waals surface area contributed by atoms with Gasteiger partial charge in [-0.25, -0.2) is 0 Å². The molecule has 1 atom stereocenters. The second-order valence-corrected chi connectivity index (χ2v) is 6.42. The Kier molecular flexibility index (Phi) is 11.7. The zero-order valence-electron chi connectivity index (χ0n) is 14.1. The highest BCUT2D eigenvalue weighted by Crippen LogP contribution is 2.33. The average Bonchev–Trinajstić information content (AvgIpc) is 2.38. The van der Waals surface area contributed by atoms with Crippen molar-refractivity contribution in [2.45, 2.75) is 110 Å². The minimum atomic E-state index is 0.115. The van der Waals surface area contributed by atoms with E-state index in [-0.39, 0.29) is 5.54 Å². The van der Waals surface area contributed by atoms with Crippen LogP contribution in [0.1, 0.15) is 105 Å². The van der Waals surface area contributed by atoms with E-state index >= 15 is 0 Å². The minimum absolute atomic E-state index is 0.115. The van der Waals surface area contributed by atoms with E-state index in [9.17, 15) is 0 Å². The van der Waals surface area contributed by atoms with Crippen LogP contribution in [-0.2, 0) is 0 Å². The number of hydrogen-bond acceptors (Lipinski definition) is 1. The third-order valence-corrected chi connectivity index (χ3v) is 4.54. The van der Waals surface area contributed by atoms with Gasteiger partial charge >= 0.3 is 0 Å². The molecule has 116 valence electrons. The van der Waals surface area contributed by atoms with Crippen molar-refractivity contribution in [2.24, 2.45) is 11.7 Å². The van der Waals surface area contributed by atoms with Crippen molar-refractivity contribution in [1.29, 1.82) is 0 Å². The first-order valence-electron chi connectivity index (χ1n) is 8.93. The fourth-order valence-corrected chi connectivity index (χ4v) is 3.53. The highest BCUT2D eigenvalue weighted by Gasteiger charge is 2.31. The topological polar surface area (TPSA) is 26.0 Å². The monoisotopic (exact) mass is 269 g/mol. The molecule has 2 N–H and O–H groups in total. The Hall–Kier alpha value is -0.0400. The van der Waals surface area contributed by atoms with Gasteiger partial charge < -0.3 is 5.73 Å². The van der Waals surface area contributed by atoms with Crippen molar-refractivity contribution in [3.63, 3.8) is 0 Å². The van der Waals surface area contributed by atoms with Crippen LogP contribution in [-0.4, -0.2) is 5.54 Å². The quantitative estimate of drug-likeness (QED) is 0.404. The summed E-state index contributed by atoms with van der Waals surface area (Å²) in [4.78, 5) is 0. The van der Waals surface area contributed by atoms with Crippen LogP contribution in [0.25, 0.3) is 0 Å². The molecular formula is C18H39N. The maximum atomic E-state index is 6.79. The molecule has 0 aromatic rings. The summed E-state index contributed by atoms with van der Waals surface area (Å²) >= 11 is 0. The van der Waals surface area contributed by atoms with E-state index < -0.39 is 0 Å². The Balaban J connectivity index is 4.31. The van der Waals surface area contributed by atoms with E-state index in [4.69, 9.17) is 5.73 Å². The molecule has 1 heteroatoms. The largest absolute Gasteiger partial charge is 0.325 e. The van der Waals surface area contributed by atoms with Crippen molar-refractivity contribution < 1.29 is 0 Å². The van der Waals surface area contributed by atoms with Crippen LogP contribution in [0.4, 0.5) is 0 Å². The standard InChI is InChI=1S/C18H39N/c1-5-9-10-11-12-14-17(13-6-2)18(19,15-7-3)16-8-4/h17H,5-16,19H2,1-4H3. The third kappa shape index (κ3) is 7.97. The molecule has 0 saturated carbocycles. The lowest BCUT2D eigenvalue weighted by molar-refractivity contribution is 0.200. The predicted molar refractivity (Wildman–Crippen MR) is 88.5 cm³/mol. The predicted octanol–water partition coefficient (Wildman–Crippen LogP) is 6.06. The van der Waals surface area contributed by atoms with Crippen molar-refractivity contribution in [2.75, 3.05) is 0 Å². The molecule has 0 spiro atoms. The fourth-order valence-electron chi connectivity index (χ4n) is 3.53. The van der Waals surface area contributed by atoms with Gasteiger partial charge in [0.25, 0.3) is 0 Å². The molecule has 0 saturated heterocycles. The summed E-state index contributed by atoms with van der Waals surface area (Å²) in [7, 11) is 0. The molecular weight excluding hydrogens is 230 g/mol. The van der Waals surface area contributed by atoms with Gasteiger partial charge in [-0.1, -0.05) is 79.1 Å². The van der Waals surface area contributed by atoms with Gasteiger partial charge in [0.15, 0.2) is 0 Å². The van der Waals surface area contributed by atoms with Gasteiger partial charge in [-0.3, -0.25) is 0 Å². The zero-order valence-corrected chi connectivity index (χ0v) is 14.1. The first-order chi connectivity index (χ1) is 9.14. The number of nitrogens with two attached hydrogens (primary N) is 1. The molecule has 0 aliphatic rings. The van der Waals surface area contributed by atoms with Crippen LogP contribution >= 0.6 is 0 Å². The van der Waals surface area contributed by atoms with Crippen molar-refractivity contribution in [3.05, 3.63) is 0 Å². The molecule has 0 aromatic carbocycles. The van der Waals surface area contributed by atoms with Crippen LogP contribution in [0, 0.1) is 5.92 Å². The Morgan fingerprint density at radius 3 is 1.74 bits per heavy atom. The van der Waals surface area contributed by atoms with Gasteiger partial charge in [-0.15, -0.1) is 0 Å². The molecule has 0 rings (SSSR count). The molecule has 0 heterocycles. The van der Waals surface area contributed by atoms with Gasteiger partial charge in [0.05, 0.1) is 0 Å². The number of unbranched alkanes of at least 4 members (excludes halogenated alkanes) is 4. The number of hydrogen-bond donors (Lipinski definition) is 1. The summed E-state index contributed by atoms with van der Waals surface area (Å²) in [6, 6.07) is 0. The Morgan fingerprint density at radius 1 is 0.684 bits per heavy atom. The number of rotatable bonds is 13. The first kappa shape index (κ1) is 19.0. The van der Waals surface area contributed by atoms with Crippen molar-refractivity contribution >= 4 is 0 Å². The van der Waals surface area contributed by atoms with Crippen LogP contribution in [0.5, 0.6) is 0 Å². The van der Waals surface area contributed by atoms with Crippen LogP contribution in [0.15, 0.2) is 0 Å². The van der Waals surface area contributed by atoms with Gasteiger partial charge in [-0.2, -0.15) is 0 Å². The second-order valence-electron chi connectivity index (χ2n) is 6.42. The van der Waals surface area contributed by atoms with Gasteiger partial charge in [0, 0.05) is 5.54 Å². The lowest BCUT2D eigenvalue weighted by Crippen LogP contribution is -2.47. The van der Waals surface area contributed by atoms with Crippen molar-refractivity contribution in [3.8, 4) is 0 Å². The molecule has 0 amide bonds. The van der Waals surface area contributed by atoms with E-state index in [0.29, 0.717) is 0 Å². The summed E-state index contributed by atoms with van der Waals surface area (Å²) in [5.74, 6) is 0.749. The summed E-state index contributed by atoms with van der Waals surface area (Å²) in [5.41, 5.74) is 6.91. The summed E-state index contributed by atoms with van der Waals surface area (Å²) in [6.45, 7) is 9.15. The smallest absolute Gasteiger partial charge is 0.0182 e. The van der Waals surface area contributed by atoms with E-state index in [1.165, 1.54) is 77.0 Å². The molecule has 1 nitrogen and oxygen atoms in total. The highest BCUT2D eigenvalue weighted by atomic mass is 14.8. The molecule has 0 fully saturated rings. The van der Waals surface area contributed by atoms with E-state index in [2.05, 4.69) is 27.7 Å². The van der Waals surface area contributed by atoms with E-state index in [1.54, 1.807) is 0 Å². The average molecular weight is 270 g/mol. The second kappa shape index (κ2) is 11.8. The minimum Gasteiger partial charge on any atom is -0.325 e. The van der Waals surface area contributed by atoms with Crippen molar-refractivity contribution in [1.82, 2.24) is 0 Å². The maximum Gasteiger partial charge on any atom is 0.0182 e. The van der Waals surface area contributed by atoms with Gasteiger partial charge in [0.2, 0.25) is 0 Å². The summed E-state index contributed by atoms with van der Waals surface area (Å²) < 4.78 is 0. The van der Waals surface area contributed by atoms with Crippen LogP contribution in [0.3, 0.4) is 0 Å². The molecule has 0 bridgehead atoms. The van der Waals surface area contributed by atoms with Crippen LogP contribution in [0.2, 0.25) is 0 Å². The molecule has 1 unspecified atom stereocenters. The molecule has 0 radical (unpaired) electrons. The molecule has 0 aromatic heterocycles. The summed E-state index contributed by atoms with van der Waals surface area (Å²) in [5, 5.41) is 0. The van der Waals surface area contributed by atoms with Gasteiger partial charge in [0.1, 0.15) is 0 Å². The lowest BCUT2D eigenvalue weighted by atomic mass is 9.73. The summed E-state index contributed by atoms with van der Waals surface area (Å²) in [6.07, 6.45) is 15.8. The Morgan fingerprint density at radius 2 is 1.26 bits per heavy atom.